The van der Waals surface area contributed by atoms with Crippen LogP contribution in [-0.4, -0.2) is 23.0 Å². The van der Waals surface area contributed by atoms with Crippen LogP contribution >= 0.6 is 31.9 Å². The van der Waals surface area contributed by atoms with E-state index >= 15 is 0 Å². The fourth-order valence-corrected chi connectivity index (χ4v) is 4.12. The molecule has 2 aromatic carbocycles. The van der Waals surface area contributed by atoms with E-state index in [0.717, 1.165) is 26.9 Å². The Morgan fingerprint density at radius 2 is 1.94 bits per heavy atom. The summed E-state index contributed by atoms with van der Waals surface area (Å²) in [5, 5.41) is 4.96. The molecule has 0 saturated carbocycles. The molecule has 0 radical (unpaired) electrons. The van der Waals surface area contributed by atoms with Crippen LogP contribution in [0.3, 0.4) is 0 Å². The average Bonchev–Trinajstić information content (AvgIpc) is 3.09. The predicted molar refractivity (Wildman–Crippen MR) is 134 cm³/mol. The van der Waals surface area contributed by atoms with Crippen LogP contribution in [0.5, 0.6) is 5.75 Å². The molecule has 0 aliphatic heterocycles. The summed E-state index contributed by atoms with van der Waals surface area (Å²) in [7, 11) is 1.66. The van der Waals surface area contributed by atoms with Crippen LogP contribution in [0.25, 0.3) is 22.3 Å². The highest BCUT2D eigenvalue weighted by molar-refractivity contribution is 9.13. The van der Waals surface area contributed by atoms with Crippen LogP contribution < -0.4 is 10.3 Å². The normalized spacial score (nSPS) is 11.7. The molecule has 164 valence electrons. The van der Waals surface area contributed by atoms with Gasteiger partial charge in [0.15, 0.2) is 10.5 Å². The molecule has 0 saturated heterocycles. The van der Waals surface area contributed by atoms with Crippen molar-refractivity contribution >= 4 is 49.0 Å². The summed E-state index contributed by atoms with van der Waals surface area (Å²) in [6, 6.07) is 13.0. The second-order valence-electron chi connectivity index (χ2n) is 7.65. The Hall–Kier alpha value is -2.71. The van der Waals surface area contributed by atoms with Gasteiger partial charge in [0.1, 0.15) is 11.5 Å². The summed E-state index contributed by atoms with van der Waals surface area (Å²) in [4.78, 5) is 18.2. The first-order valence-corrected chi connectivity index (χ1v) is 11.6. The van der Waals surface area contributed by atoms with E-state index in [4.69, 9.17) is 14.1 Å². The number of hydrogen-bond donors (Lipinski definition) is 0. The number of fused-ring (bicyclic) bond motifs is 1. The Morgan fingerprint density at radius 1 is 1.19 bits per heavy atom. The van der Waals surface area contributed by atoms with Gasteiger partial charge in [-0.15, -0.1) is 0 Å². The van der Waals surface area contributed by atoms with E-state index < -0.39 is 0 Å². The average molecular weight is 559 g/mol. The summed E-state index contributed by atoms with van der Waals surface area (Å²) >= 11 is 6.71. The molecular formula is C24H21Br2N3O3. The smallest absolute Gasteiger partial charge is 0.282 e. The second kappa shape index (κ2) is 9.03. The van der Waals surface area contributed by atoms with Crippen molar-refractivity contribution in [2.24, 2.45) is 5.10 Å². The Bertz CT molecular complexity index is 1380. The van der Waals surface area contributed by atoms with Gasteiger partial charge in [-0.1, -0.05) is 26.0 Å². The van der Waals surface area contributed by atoms with Crippen molar-refractivity contribution < 1.29 is 9.15 Å². The van der Waals surface area contributed by atoms with E-state index in [2.05, 4.69) is 50.8 Å². The second-order valence-corrected chi connectivity index (χ2v) is 9.22. The molecule has 6 nitrogen and oxygen atoms in total. The highest BCUT2D eigenvalue weighted by atomic mass is 79.9. The van der Waals surface area contributed by atoms with Gasteiger partial charge in [-0.25, -0.2) is 4.98 Å². The van der Waals surface area contributed by atoms with Crippen LogP contribution in [0.15, 0.2) is 65.9 Å². The van der Waals surface area contributed by atoms with Crippen LogP contribution in [-0.2, 0) is 0 Å². The van der Waals surface area contributed by atoms with E-state index in [9.17, 15) is 4.79 Å². The molecule has 32 heavy (non-hydrogen) atoms. The zero-order valence-corrected chi connectivity index (χ0v) is 21.2. The minimum atomic E-state index is -0.257. The number of ether oxygens (including phenoxy) is 1. The molecule has 0 aliphatic carbocycles. The molecule has 0 bridgehead atoms. The van der Waals surface area contributed by atoms with Crippen molar-refractivity contribution in [3.05, 3.63) is 78.8 Å². The summed E-state index contributed by atoms with van der Waals surface area (Å²) in [5.74, 6) is 1.98. The molecule has 4 aromatic rings. The number of nitrogens with zero attached hydrogens (tertiary/aromatic N) is 3. The molecule has 0 atom stereocenters. The van der Waals surface area contributed by atoms with Crippen LogP contribution in [0.4, 0.5) is 0 Å². The number of para-hydroxylation sites is 1. The maximum Gasteiger partial charge on any atom is 0.282 e. The molecule has 0 unspecified atom stereocenters. The summed E-state index contributed by atoms with van der Waals surface area (Å²) < 4.78 is 13.8. The van der Waals surface area contributed by atoms with Crippen molar-refractivity contribution in [1.29, 1.82) is 0 Å². The number of rotatable bonds is 5. The lowest BCUT2D eigenvalue weighted by molar-refractivity contribution is 0.407. The number of benzene rings is 2. The standard InChI is InChI=1S/C24H21Br2N3O3/c1-13(2)17-11-18(14(3)9-21(17)31-4)23-28-20-8-6-5-7-16(20)24(30)29(23)27-12-15-10-19(25)22(26)32-15/h5-13H,1-4H3. The van der Waals surface area contributed by atoms with E-state index in [1.54, 1.807) is 19.2 Å². The zero-order valence-electron chi connectivity index (χ0n) is 18.0. The van der Waals surface area contributed by atoms with Crippen LogP contribution in [0.1, 0.15) is 36.7 Å². The zero-order chi connectivity index (χ0) is 23.0. The number of halogens is 2. The topological polar surface area (TPSA) is 69.6 Å². The molecule has 0 amide bonds. The lowest BCUT2D eigenvalue weighted by Crippen LogP contribution is -2.20. The largest absolute Gasteiger partial charge is 0.496 e. The molecular weight excluding hydrogens is 538 g/mol. The first-order chi connectivity index (χ1) is 15.3. The van der Waals surface area contributed by atoms with Crippen molar-refractivity contribution in [1.82, 2.24) is 9.66 Å². The number of methoxy groups -OCH3 is 1. The highest BCUT2D eigenvalue weighted by Crippen LogP contribution is 2.34. The van der Waals surface area contributed by atoms with E-state index in [-0.39, 0.29) is 11.5 Å². The Kier molecular flexibility index (Phi) is 6.35. The lowest BCUT2D eigenvalue weighted by atomic mass is 9.96. The minimum absolute atomic E-state index is 0.228. The summed E-state index contributed by atoms with van der Waals surface area (Å²) in [6.45, 7) is 6.17. The summed E-state index contributed by atoms with van der Waals surface area (Å²) in [5.41, 5.74) is 3.14. The molecule has 0 fully saturated rings. The van der Waals surface area contributed by atoms with Gasteiger partial charge in [-0.05, 0) is 80.1 Å². The Morgan fingerprint density at radius 3 is 2.59 bits per heavy atom. The monoisotopic (exact) mass is 557 g/mol. The van der Waals surface area contributed by atoms with Crippen molar-refractivity contribution in [3.63, 3.8) is 0 Å². The predicted octanol–water partition coefficient (Wildman–Crippen LogP) is 6.50. The molecule has 0 spiro atoms. The van der Waals surface area contributed by atoms with Gasteiger partial charge in [0, 0.05) is 11.6 Å². The SMILES string of the molecule is COc1cc(C)c(-c2nc3ccccc3c(=O)n2N=Cc2cc(Br)c(Br)o2)cc1C(C)C. The first-order valence-electron chi connectivity index (χ1n) is 10.00. The number of furan rings is 1. The van der Waals surface area contributed by atoms with Gasteiger partial charge in [0.05, 0.1) is 28.7 Å². The number of hydrogen-bond acceptors (Lipinski definition) is 5. The quantitative estimate of drug-likeness (QED) is 0.262. The molecule has 0 N–H and O–H groups in total. The van der Waals surface area contributed by atoms with E-state index in [1.165, 1.54) is 10.9 Å². The molecule has 4 rings (SSSR count). The third kappa shape index (κ3) is 4.17. The van der Waals surface area contributed by atoms with E-state index in [1.807, 2.05) is 37.3 Å². The minimum Gasteiger partial charge on any atom is -0.496 e. The van der Waals surface area contributed by atoms with Crippen LogP contribution in [0.2, 0.25) is 0 Å². The van der Waals surface area contributed by atoms with Crippen LogP contribution in [0, 0.1) is 6.92 Å². The van der Waals surface area contributed by atoms with Crippen molar-refractivity contribution in [3.8, 4) is 17.1 Å². The van der Waals surface area contributed by atoms with Gasteiger partial charge in [0.25, 0.3) is 5.56 Å². The third-order valence-corrected chi connectivity index (χ3v) is 6.87. The van der Waals surface area contributed by atoms with Crippen molar-refractivity contribution in [2.45, 2.75) is 26.7 Å². The van der Waals surface area contributed by atoms with E-state index in [0.29, 0.717) is 27.2 Å². The van der Waals surface area contributed by atoms with Gasteiger partial charge in [-0.3, -0.25) is 4.79 Å². The number of aryl methyl sites for hydroxylation is 1. The summed E-state index contributed by atoms with van der Waals surface area (Å²) in [6.07, 6.45) is 1.50. The number of aromatic nitrogens is 2. The van der Waals surface area contributed by atoms with Gasteiger partial charge in [0.2, 0.25) is 0 Å². The Balaban J connectivity index is 1.99. The van der Waals surface area contributed by atoms with Gasteiger partial charge < -0.3 is 9.15 Å². The lowest BCUT2D eigenvalue weighted by Gasteiger charge is -2.17. The molecule has 0 aliphatic rings. The third-order valence-electron chi connectivity index (χ3n) is 5.16. The fraction of sp³-hybridized carbons (Fsp3) is 0.208. The van der Waals surface area contributed by atoms with Gasteiger partial charge >= 0.3 is 0 Å². The van der Waals surface area contributed by atoms with Crippen molar-refractivity contribution in [2.75, 3.05) is 7.11 Å². The van der Waals surface area contributed by atoms with Gasteiger partial charge in [-0.2, -0.15) is 9.78 Å². The molecule has 8 heteroatoms. The fourth-order valence-electron chi connectivity index (χ4n) is 3.51. The Labute approximate surface area is 202 Å². The maximum atomic E-state index is 13.4. The molecule has 2 heterocycles. The first kappa shape index (κ1) is 22.5. The highest BCUT2D eigenvalue weighted by Gasteiger charge is 2.18. The maximum absolute atomic E-state index is 13.4. The molecule has 2 aromatic heterocycles.